The van der Waals surface area contributed by atoms with Crippen LogP contribution >= 0.6 is 11.5 Å². The first-order valence-corrected chi connectivity index (χ1v) is 7.04. The van der Waals surface area contributed by atoms with Gasteiger partial charge in [-0.3, -0.25) is 15.0 Å². The van der Waals surface area contributed by atoms with Gasteiger partial charge in [-0.1, -0.05) is 18.2 Å². The molecule has 7 nitrogen and oxygen atoms in total. The van der Waals surface area contributed by atoms with Crippen LogP contribution in [0.2, 0.25) is 0 Å². The summed E-state index contributed by atoms with van der Waals surface area (Å²) in [5.74, 6) is -1.06. The highest BCUT2D eigenvalue weighted by atomic mass is 32.1. The fourth-order valence-corrected chi connectivity index (χ4v) is 2.88. The molecule has 2 N–H and O–H groups in total. The van der Waals surface area contributed by atoms with Gasteiger partial charge in [0, 0.05) is 23.8 Å². The minimum Gasteiger partial charge on any atom is -0.481 e. The lowest BCUT2D eigenvalue weighted by atomic mass is 10.0. The maximum absolute atomic E-state index is 12.3. The predicted octanol–water partition coefficient (Wildman–Crippen LogP) is 2.07. The summed E-state index contributed by atoms with van der Waals surface area (Å²) in [6, 6.07) is 6.62. The molecule has 0 saturated heterocycles. The Morgan fingerprint density at radius 2 is 2.19 bits per heavy atom. The number of aryl methyl sites for hydroxylation is 1. The Morgan fingerprint density at radius 1 is 1.43 bits per heavy atom. The van der Waals surface area contributed by atoms with E-state index in [0.717, 1.165) is 11.5 Å². The average Bonchev–Trinajstić information content (AvgIpc) is 3.02. The van der Waals surface area contributed by atoms with E-state index in [1.807, 2.05) is 0 Å². The molecular formula is C13H12N4O3S. The molecule has 21 heavy (non-hydrogen) atoms. The highest BCUT2D eigenvalue weighted by Gasteiger charge is 2.36. The molecule has 0 radical (unpaired) electrons. The number of carboxylic acid groups (broad SMARTS) is 1. The smallest absolute Gasteiger partial charge is 0.328 e. The first kappa shape index (κ1) is 13.5. The van der Waals surface area contributed by atoms with Crippen LogP contribution < -0.4 is 10.2 Å². The zero-order valence-electron chi connectivity index (χ0n) is 11.1. The maximum Gasteiger partial charge on any atom is 0.328 e. The van der Waals surface area contributed by atoms with Crippen molar-refractivity contribution in [3.63, 3.8) is 0 Å². The number of aliphatic carboxylic acids is 1. The van der Waals surface area contributed by atoms with Crippen molar-refractivity contribution in [2.45, 2.75) is 12.8 Å². The third kappa shape index (κ3) is 2.45. The standard InChI is InChI=1S/C13H12N4O3S/c1-7-14-12(21-16-7)15-13(20)17-6-9(11(18)19)8-4-2-3-5-10(8)17/h2-5,9H,6H2,1H3,(H,18,19)(H,14,15,16,20). The van der Waals surface area contributed by atoms with Gasteiger partial charge in [-0.05, 0) is 18.6 Å². The van der Waals surface area contributed by atoms with Crippen LogP contribution in [0.15, 0.2) is 24.3 Å². The minimum atomic E-state index is -0.940. The summed E-state index contributed by atoms with van der Waals surface area (Å²) in [4.78, 5) is 29.1. The molecule has 1 unspecified atom stereocenters. The molecular weight excluding hydrogens is 292 g/mol. The van der Waals surface area contributed by atoms with Gasteiger partial charge in [-0.15, -0.1) is 0 Å². The van der Waals surface area contributed by atoms with E-state index in [1.54, 1.807) is 31.2 Å². The number of nitrogens with one attached hydrogen (secondary N) is 1. The highest BCUT2D eigenvalue weighted by Crippen LogP contribution is 2.36. The van der Waals surface area contributed by atoms with Crippen LogP contribution in [0.1, 0.15) is 17.3 Å². The molecule has 0 spiro atoms. The van der Waals surface area contributed by atoms with E-state index >= 15 is 0 Å². The van der Waals surface area contributed by atoms with Crippen molar-refractivity contribution >= 4 is 34.4 Å². The second-order valence-electron chi connectivity index (χ2n) is 4.64. The average molecular weight is 304 g/mol. The number of carbonyl (C=O) groups is 2. The van der Waals surface area contributed by atoms with Crippen LogP contribution in [0, 0.1) is 6.92 Å². The number of benzene rings is 1. The van der Waals surface area contributed by atoms with Gasteiger partial charge in [-0.25, -0.2) is 9.78 Å². The SMILES string of the molecule is Cc1nsc(NC(=O)N2CC(C(=O)O)c3ccccc32)n1. The number of fused-ring (bicyclic) bond motifs is 1. The molecule has 2 heterocycles. The van der Waals surface area contributed by atoms with E-state index in [-0.39, 0.29) is 6.54 Å². The van der Waals surface area contributed by atoms with E-state index in [0.29, 0.717) is 22.2 Å². The number of anilines is 2. The quantitative estimate of drug-likeness (QED) is 0.885. The summed E-state index contributed by atoms with van der Waals surface area (Å²) in [5.41, 5.74) is 1.26. The lowest BCUT2D eigenvalue weighted by Gasteiger charge is -2.16. The Kier molecular flexibility index (Phi) is 3.30. The highest BCUT2D eigenvalue weighted by molar-refractivity contribution is 7.09. The molecule has 1 aromatic heterocycles. The number of amides is 2. The van der Waals surface area contributed by atoms with Crippen LogP contribution in [-0.4, -0.2) is 33.0 Å². The molecule has 1 aromatic carbocycles. The Labute approximate surface area is 124 Å². The summed E-state index contributed by atoms with van der Waals surface area (Å²) in [5, 5.41) is 12.3. The Morgan fingerprint density at radius 3 is 2.86 bits per heavy atom. The fourth-order valence-electron chi connectivity index (χ4n) is 2.32. The molecule has 8 heteroatoms. The Balaban J connectivity index is 1.86. The normalized spacial score (nSPS) is 16.6. The van der Waals surface area contributed by atoms with E-state index in [1.165, 1.54) is 4.90 Å². The molecule has 0 bridgehead atoms. The number of hydrogen-bond donors (Lipinski definition) is 2. The molecule has 3 rings (SSSR count). The summed E-state index contributed by atoms with van der Waals surface area (Å²) >= 11 is 1.09. The molecule has 1 atom stereocenters. The number of aromatic nitrogens is 2. The van der Waals surface area contributed by atoms with Crippen molar-refractivity contribution in [3.05, 3.63) is 35.7 Å². The number of carboxylic acids is 1. The number of nitrogens with zero attached hydrogens (tertiary/aromatic N) is 3. The molecule has 0 fully saturated rings. The number of hydrogen-bond acceptors (Lipinski definition) is 5. The number of urea groups is 1. The fraction of sp³-hybridized carbons (Fsp3) is 0.231. The number of carbonyl (C=O) groups excluding carboxylic acids is 1. The van der Waals surface area contributed by atoms with Crippen molar-refractivity contribution in [2.24, 2.45) is 0 Å². The van der Waals surface area contributed by atoms with Gasteiger partial charge >= 0.3 is 12.0 Å². The molecule has 1 aliphatic heterocycles. The number of para-hydroxylation sites is 1. The second kappa shape index (κ2) is 5.13. The number of rotatable bonds is 2. The van der Waals surface area contributed by atoms with E-state index in [2.05, 4.69) is 14.7 Å². The van der Waals surface area contributed by atoms with Crippen LogP contribution in [-0.2, 0) is 4.79 Å². The van der Waals surface area contributed by atoms with E-state index in [9.17, 15) is 14.7 Å². The van der Waals surface area contributed by atoms with Crippen LogP contribution in [0.5, 0.6) is 0 Å². The molecule has 1 aliphatic rings. The maximum atomic E-state index is 12.3. The Bertz CT molecular complexity index is 715. The predicted molar refractivity (Wildman–Crippen MR) is 77.8 cm³/mol. The lowest BCUT2D eigenvalue weighted by molar-refractivity contribution is -0.138. The van der Waals surface area contributed by atoms with Crippen LogP contribution in [0.25, 0.3) is 0 Å². The van der Waals surface area contributed by atoms with E-state index in [4.69, 9.17) is 0 Å². The van der Waals surface area contributed by atoms with Gasteiger partial charge in [0.05, 0.1) is 0 Å². The first-order valence-electron chi connectivity index (χ1n) is 6.27. The van der Waals surface area contributed by atoms with E-state index < -0.39 is 17.9 Å². The summed E-state index contributed by atoms with van der Waals surface area (Å²) in [7, 11) is 0. The molecule has 2 amide bonds. The third-order valence-electron chi connectivity index (χ3n) is 3.25. The van der Waals surface area contributed by atoms with Gasteiger partial charge in [0.15, 0.2) is 0 Å². The van der Waals surface area contributed by atoms with Crippen molar-refractivity contribution in [2.75, 3.05) is 16.8 Å². The largest absolute Gasteiger partial charge is 0.481 e. The second-order valence-corrected chi connectivity index (χ2v) is 5.39. The summed E-state index contributed by atoms with van der Waals surface area (Å²) < 4.78 is 3.99. The zero-order chi connectivity index (χ0) is 15.0. The molecule has 108 valence electrons. The topological polar surface area (TPSA) is 95.4 Å². The molecule has 2 aromatic rings. The minimum absolute atomic E-state index is 0.109. The molecule has 0 saturated carbocycles. The van der Waals surface area contributed by atoms with Gasteiger partial charge in [0.25, 0.3) is 0 Å². The van der Waals surface area contributed by atoms with Gasteiger partial charge in [0.1, 0.15) is 11.7 Å². The van der Waals surface area contributed by atoms with Gasteiger partial charge < -0.3 is 5.11 Å². The lowest BCUT2D eigenvalue weighted by Crippen LogP contribution is -2.35. The van der Waals surface area contributed by atoms with Crippen molar-refractivity contribution in [1.29, 1.82) is 0 Å². The third-order valence-corrected chi connectivity index (χ3v) is 3.97. The van der Waals surface area contributed by atoms with Gasteiger partial charge in [0.2, 0.25) is 5.13 Å². The monoisotopic (exact) mass is 304 g/mol. The summed E-state index contributed by atoms with van der Waals surface area (Å²) in [6.45, 7) is 1.84. The van der Waals surface area contributed by atoms with Crippen molar-refractivity contribution in [1.82, 2.24) is 9.36 Å². The first-order chi connectivity index (χ1) is 10.1. The van der Waals surface area contributed by atoms with Gasteiger partial charge in [-0.2, -0.15) is 4.37 Å². The van der Waals surface area contributed by atoms with Crippen molar-refractivity contribution < 1.29 is 14.7 Å². The van der Waals surface area contributed by atoms with Crippen molar-refractivity contribution in [3.8, 4) is 0 Å². The van der Waals surface area contributed by atoms with Crippen LogP contribution in [0.3, 0.4) is 0 Å². The molecule has 0 aliphatic carbocycles. The van der Waals surface area contributed by atoms with Crippen LogP contribution in [0.4, 0.5) is 15.6 Å². The Hall–Kier alpha value is -2.48. The zero-order valence-corrected chi connectivity index (χ0v) is 11.9. The summed E-state index contributed by atoms with van der Waals surface area (Å²) in [6.07, 6.45) is 0.